The second kappa shape index (κ2) is 5.17. The number of aromatic nitrogens is 1. The first-order chi connectivity index (χ1) is 9.28. The fourth-order valence-corrected chi connectivity index (χ4v) is 3.14. The summed E-state index contributed by atoms with van der Waals surface area (Å²) >= 11 is 0. The minimum Gasteiger partial charge on any atom is -0.373 e. The molecule has 0 aromatic carbocycles. The van der Waals surface area contributed by atoms with Crippen molar-refractivity contribution in [3.63, 3.8) is 0 Å². The molecule has 2 aliphatic heterocycles. The van der Waals surface area contributed by atoms with Gasteiger partial charge in [0.15, 0.2) is 0 Å². The fourth-order valence-electron chi connectivity index (χ4n) is 3.14. The van der Waals surface area contributed by atoms with Gasteiger partial charge in [0.05, 0.1) is 5.92 Å². The van der Waals surface area contributed by atoms with Gasteiger partial charge in [0.2, 0.25) is 5.91 Å². The number of rotatable bonds is 3. The van der Waals surface area contributed by atoms with E-state index in [2.05, 4.69) is 26.6 Å². The van der Waals surface area contributed by atoms with Gasteiger partial charge in [0.1, 0.15) is 5.82 Å². The molecule has 102 valence electrons. The summed E-state index contributed by atoms with van der Waals surface area (Å²) in [5.41, 5.74) is 1.21. The Kier molecular flexibility index (Phi) is 3.38. The van der Waals surface area contributed by atoms with Crippen molar-refractivity contribution in [1.82, 2.24) is 15.2 Å². The molecule has 2 atom stereocenters. The van der Waals surface area contributed by atoms with Gasteiger partial charge in [-0.15, -0.1) is 0 Å². The Morgan fingerprint density at radius 1 is 1.53 bits per heavy atom. The molecule has 0 bridgehead atoms. The van der Waals surface area contributed by atoms with Gasteiger partial charge in [-0.3, -0.25) is 9.69 Å². The van der Waals surface area contributed by atoms with Crippen LogP contribution in [-0.4, -0.2) is 42.0 Å². The van der Waals surface area contributed by atoms with Gasteiger partial charge in [-0.1, -0.05) is 6.07 Å². The Labute approximate surface area is 113 Å². The molecule has 5 nitrogen and oxygen atoms in total. The van der Waals surface area contributed by atoms with E-state index in [-0.39, 0.29) is 11.8 Å². The van der Waals surface area contributed by atoms with Crippen molar-refractivity contribution in [2.24, 2.45) is 5.92 Å². The van der Waals surface area contributed by atoms with Gasteiger partial charge >= 0.3 is 0 Å². The Hall–Kier alpha value is -1.62. The van der Waals surface area contributed by atoms with E-state index in [1.165, 1.54) is 5.56 Å². The summed E-state index contributed by atoms with van der Waals surface area (Å²) in [5, 5.41) is 6.01. The largest absolute Gasteiger partial charge is 0.373 e. The molecular formula is C14H20N4O. The van der Waals surface area contributed by atoms with Crippen LogP contribution in [0, 0.1) is 5.92 Å². The van der Waals surface area contributed by atoms with Gasteiger partial charge in [0.25, 0.3) is 0 Å². The van der Waals surface area contributed by atoms with E-state index >= 15 is 0 Å². The third-order valence-electron chi connectivity index (χ3n) is 4.18. The number of carbonyl (C=O) groups excluding carboxylic acids is 1. The number of hydrogen-bond donors (Lipinski definition) is 2. The van der Waals surface area contributed by atoms with Crippen LogP contribution in [0.4, 0.5) is 5.82 Å². The van der Waals surface area contributed by atoms with Crippen LogP contribution in [0.1, 0.15) is 18.4 Å². The second-order valence-electron chi connectivity index (χ2n) is 5.33. The van der Waals surface area contributed by atoms with Crippen molar-refractivity contribution < 1.29 is 4.79 Å². The summed E-state index contributed by atoms with van der Waals surface area (Å²) in [5.74, 6) is 1.31. The van der Waals surface area contributed by atoms with Crippen LogP contribution in [0.25, 0.3) is 0 Å². The average Bonchev–Trinajstić information content (AvgIpc) is 2.83. The molecule has 19 heavy (non-hydrogen) atoms. The highest BCUT2D eigenvalue weighted by Crippen LogP contribution is 2.28. The van der Waals surface area contributed by atoms with E-state index in [0.29, 0.717) is 6.04 Å². The van der Waals surface area contributed by atoms with Gasteiger partial charge in [-0.25, -0.2) is 4.98 Å². The van der Waals surface area contributed by atoms with Gasteiger partial charge in [0, 0.05) is 32.4 Å². The molecule has 2 saturated heterocycles. The molecule has 0 saturated carbocycles. The number of anilines is 1. The molecule has 5 heteroatoms. The van der Waals surface area contributed by atoms with E-state index in [1.54, 1.807) is 0 Å². The summed E-state index contributed by atoms with van der Waals surface area (Å²) in [7, 11) is 1.87. The van der Waals surface area contributed by atoms with E-state index in [1.807, 2.05) is 19.3 Å². The molecule has 0 aliphatic carbocycles. The van der Waals surface area contributed by atoms with Gasteiger partial charge in [-0.05, 0) is 31.0 Å². The van der Waals surface area contributed by atoms with E-state index in [0.717, 1.165) is 38.3 Å². The minimum absolute atomic E-state index is 0.193. The van der Waals surface area contributed by atoms with Gasteiger partial charge < -0.3 is 10.6 Å². The highest BCUT2D eigenvalue weighted by Gasteiger charge is 2.40. The number of nitrogens with one attached hydrogen (secondary N) is 2. The maximum atomic E-state index is 11.7. The third-order valence-corrected chi connectivity index (χ3v) is 4.18. The average molecular weight is 260 g/mol. The Morgan fingerprint density at radius 3 is 3.16 bits per heavy atom. The molecule has 1 aromatic rings. The summed E-state index contributed by atoms with van der Waals surface area (Å²) in [4.78, 5) is 18.5. The number of piperidine rings is 1. The molecule has 1 amide bonds. The first-order valence-electron chi connectivity index (χ1n) is 6.92. The first-order valence-corrected chi connectivity index (χ1v) is 6.92. The molecular weight excluding hydrogens is 240 g/mol. The lowest BCUT2D eigenvalue weighted by Crippen LogP contribution is -2.44. The van der Waals surface area contributed by atoms with Crippen LogP contribution in [0.5, 0.6) is 0 Å². The van der Waals surface area contributed by atoms with Gasteiger partial charge in [-0.2, -0.15) is 0 Å². The predicted octanol–water partition coefficient (Wildman–Crippen LogP) is 0.834. The van der Waals surface area contributed by atoms with Crippen LogP contribution in [0.15, 0.2) is 18.3 Å². The highest BCUT2D eigenvalue weighted by molar-refractivity contribution is 5.82. The van der Waals surface area contributed by atoms with E-state index in [4.69, 9.17) is 0 Å². The highest BCUT2D eigenvalue weighted by atomic mass is 16.2. The zero-order chi connectivity index (χ0) is 13.2. The monoisotopic (exact) mass is 260 g/mol. The summed E-state index contributed by atoms with van der Waals surface area (Å²) < 4.78 is 0. The van der Waals surface area contributed by atoms with Crippen molar-refractivity contribution in [2.75, 3.05) is 25.5 Å². The van der Waals surface area contributed by atoms with Crippen molar-refractivity contribution in [3.8, 4) is 0 Å². The smallest absolute Gasteiger partial charge is 0.224 e. The number of fused-ring (bicyclic) bond motifs is 1. The lowest BCUT2D eigenvalue weighted by molar-refractivity contribution is -0.124. The summed E-state index contributed by atoms with van der Waals surface area (Å²) in [6.45, 7) is 2.75. The van der Waals surface area contributed by atoms with Crippen LogP contribution in [0.2, 0.25) is 0 Å². The lowest BCUT2D eigenvalue weighted by Gasteiger charge is -2.35. The zero-order valence-electron chi connectivity index (χ0n) is 11.2. The molecule has 3 heterocycles. The standard InChI is InChI=1S/C14H20N4O/c1-15-13-5-4-10(7-16-13)9-18-6-2-3-11-12(18)8-17-14(11)19/h4-5,7,11-12H,2-3,6,8-9H2,1H3,(H,15,16)(H,17,19). The molecule has 2 N–H and O–H groups in total. The minimum atomic E-state index is 0.193. The molecule has 3 rings (SSSR count). The lowest BCUT2D eigenvalue weighted by atomic mass is 9.91. The second-order valence-corrected chi connectivity index (χ2v) is 5.33. The number of carbonyl (C=O) groups is 1. The Morgan fingerprint density at radius 2 is 2.42 bits per heavy atom. The number of likely N-dealkylation sites (tertiary alicyclic amines) is 1. The maximum absolute atomic E-state index is 11.7. The zero-order valence-corrected chi connectivity index (χ0v) is 11.2. The van der Waals surface area contributed by atoms with E-state index < -0.39 is 0 Å². The SMILES string of the molecule is CNc1ccc(CN2CCCC3C(=O)NCC32)cn1. The first kappa shape index (κ1) is 12.4. The van der Waals surface area contributed by atoms with Crippen LogP contribution >= 0.6 is 0 Å². The number of pyridine rings is 1. The van der Waals surface area contributed by atoms with Crippen LogP contribution < -0.4 is 10.6 Å². The number of hydrogen-bond acceptors (Lipinski definition) is 4. The molecule has 0 radical (unpaired) electrons. The Balaban J connectivity index is 1.69. The maximum Gasteiger partial charge on any atom is 0.224 e. The molecule has 2 fully saturated rings. The van der Waals surface area contributed by atoms with Crippen molar-refractivity contribution >= 4 is 11.7 Å². The Bertz CT molecular complexity index is 459. The summed E-state index contributed by atoms with van der Waals surface area (Å²) in [6.07, 6.45) is 4.06. The molecule has 0 spiro atoms. The molecule has 2 aliphatic rings. The third kappa shape index (κ3) is 2.42. The fraction of sp³-hybridized carbons (Fsp3) is 0.571. The predicted molar refractivity (Wildman–Crippen MR) is 73.7 cm³/mol. The van der Waals surface area contributed by atoms with Crippen LogP contribution in [-0.2, 0) is 11.3 Å². The molecule has 1 aromatic heterocycles. The number of nitrogens with zero attached hydrogens (tertiary/aromatic N) is 2. The van der Waals surface area contributed by atoms with Crippen molar-refractivity contribution in [1.29, 1.82) is 0 Å². The summed E-state index contributed by atoms with van der Waals surface area (Å²) in [6, 6.07) is 4.46. The van der Waals surface area contributed by atoms with Crippen molar-refractivity contribution in [2.45, 2.75) is 25.4 Å². The van der Waals surface area contributed by atoms with Crippen LogP contribution in [0.3, 0.4) is 0 Å². The number of amides is 1. The quantitative estimate of drug-likeness (QED) is 0.845. The molecule has 2 unspecified atom stereocenters. The normalized spacial score (nSPS) is 26.9. The topological polar surface area (TPSA) is 57.3 Å². The van der Waals surface area contributed by atoms with E-state index in [9.17, 15) is 4.79 Å². The van der Waals surface area contributed by atoms with Crippen molar-refractivity contribution in [3.05, 3.63) is 23.9 Å².